The van der Waals surface area contributed by atoms with Crippen LogP contribution in [0.5, 0.6) is 0 Å². The van der Waals surface area contributed by atoms with Crippen LogP contribution in [0.2, 0.25) is 0 Å². The zero-order valence-electron chi connectivity index (χ0n) is 20.3. The Morgan fingerprint density at radius 2 is 1.91 bits per heavy atom. The fourth-order valence-corrected chi connectivity index (χ4v) is 6.53. The highest BCUT2D eigenvalue weighted by Gasteiger charge is 2.69. The third kappa shape index (κ3) is 4.07. The molecule has 2 bridgehead atoms. The number of carbonyl (C=O) groups excluding carboxylic acids is 1. The van der Waals surface area contributed by atoms with Crippen molar-refractivity contribution in [3.8, 4) is 0 Å². The molecule has 9 atom stereocenters. The van der Waals surface area contributed by atoms with E-state index in [2.05, 4.69) is 13.8 Å². The Kier molecular flexibility index (Phi) is 6.48. The van der Waals surface area contributed by atoms with Crippen LogP contribution in [0.4, 0.5) is 4.39 Å². The normalized spacial score (nSPS) is 41.9. The van der Waals surface area contributed by atoms with Crippen LogP contribution in [-0.2, 0) is 33.5 Å². The van der Waals surface area contributed by atoms with Crippen molar-refractivity contribution >= 4 is 5.97 Å². The highest BCUT2D eigenvalue weighted by atomic mass is 19.1. The van der Waals surface area contributed by atoms with Gasteiger partial charge in [-0.2, -0.15) is 0 Å². The number of ether oxygens (including phenoxy) is 4. The summed E-state index contributed by atoms with van der Waals surface area (Å²) in [7, 11) is 1.36. The van der Waals surface area contributed by atoms with E-state index in [1.54, 1.807) is 12.1 Å². The first kappa shape index (κ1) is 24.1. The molecule has 1 aromatic rings. The van der Waals surface area contributed by atoms with Crippen molar-refractivity contribution in [1.82, 2.24) is 0 Å². The maximum absolute atomic E-state index is 13.6. The molecule has 0 amide bonds. The fourth-order valence-electron chi connectivity index (χ4n) is 6.53. The van der Waals surface area contributed by atoms with Gasteiger partial charge in [-0.1, -0.05) is 26.0 Å². The molecule has 4 aliphatic heterocycles. The highest BCUT2D eigenvalue weighted by molar-refractivity contribution is 5.69. The standard InChI is InChI=1S/C26H35FO7/c1-15-5-10-20-16(2)23(31-24-26(20)19(15)13-14-25(3,32-24)33-34-26)30-21(11-12-22(28)29-4)17-6-8-18(27)9-7-17/h6-9,15-16,19-21,23-24H,5,10-14H2,1-4H3/t15-,16-,19+,20?,21-,23+,24-,25-,26-/m1/s1. The van der Waals surface area contributed by atoms with E-state index >= 15 is 0 Å². The van der Waals surface area contributed by atoms with E-state index in [4.69, 9.17) is 28.7 Å². The summed E-state index contributed by atoms with van der Waals surface area (Å²) in [4.78, 5) is 23.9. The van der Waals surface area contributed by atoms with Gasteiger partial charge in [0.15, 0.2) is 18.2 Å². The summed E-state index contributed by atoms with van der Waals surface area (Å²) in [5.41, 5.74) is 0.121. The van der Waals surface area contributed by atoms with Gasteiger partial charge in [0.1, 0.15) is 5.82 Å². The van der Waals surface area contributed by atoms with Crippen molar-refractivity contribution in [1.29, 1.82) is 0 Å². The van der Waals surface area contributed by atoms with E-state index in [1.165, 1.54) is 19.2 Å². The first-order chi connectivity index (χ1) is 16.3. The average Bonchev–Trinajstić information content (AvgIpc) is 3.06. The van der Waals surface area contributed by atoms with E-state index in [0.717, 1.165) is 31.2 Å². The lowest BCUT2D eigenvalue weighted by atomic mass is 9.58. The molecule has 5 fully saturated rings. The Hall–Kier alpha value is -1.58. The van der Waals surface area contributed by atoms with Crippen molar-refractivity contribution in [2.24, 2.45) is 23.7 Å². The van der Waals surface area contributed by atoms with Crippen LogP contribution in [0.1, 0.15) is 71.0 Å². The van der Waals surface area contributed by atoms with Crippen LogP contribution in [0.3, 0.4) is 0 Å². The molecular weight excluding hydrogens is 443 g/mol. The van der Waals surface area contributed by atoms with Gasteiger partial charge in [-0.05, 0) is 62.1 Å². The van der Waals surface area contributed by atoms with E-state index in [0.29, 0.717) is 12.3 Å². The van der Waals surface area contributed by atoms with E-state index in [1.807, 2.05) is 6.92 Å². The van der Waals surface area contributed by atoms with Gasteiger partial charge in [0.25, 0.3) is 0 Å². The smallest absolute Gasteiger partial charge is 0.305 e. The molecule has 4 saturated heterocycles. The lowest BCUT2D eigenvalue weighted by molar-refractivity contribution is -0.578. The van der Waals surface area contributed by atoms with Gasteiger partial charge in [0.2, 0.25) is 5.79 Å². The van der Waals surface area contributed by atoms with Gasteiger partial charge in [-0.3, -0.25) is 4.79 Å². The molecule has 1 spiro atoms. The first-order valence-electron chi connectivity index (χ1n) is 12.4. The molecular formula is C26H35FO7. The zero-order chi connectivity index (χ0) is 24.1. The molecule has 34 heavy (non-hydrogen) atoms. The molecule has 1 unspecified atom stereocenters. The Balaban J connectivity index is 1.42. The minimum atomic E-state index is -0.857. The molecule has 0 N–H and O–H groups in total. The van der Waals surface area contributed by atoms with E-state index in [9.17, 15) is 9.18 Å². The molecule has 4 heterocycles. The minimum Gasteiger partial charge on any atom is -0.469 e. The minimum absolute atomic E-state index is 0.00183. The number of carbonyl (C=O) groups is 1. The maximum atomic E-state index is 13.6. The zero-order valence-corrected chi connectivity index (χ0v) is 20.3. The summed E-state index contributed by atoms with van der Waals surface area (Å²) < 4.78 is 37.9. The first-order valence-corrected chi connectivity index (χ1v) is 12.4. The largest absolute Gasteiger partial charge is 0.469 e. The van der Waals surface area contributed by atoms with Crippen molar-refractivity contribution in [2.75, 3.05) is 7.11 Å². The van der Waals surface area contributed by atoms with Gasteiger partial charge < -0.3 is 18.9 Å². The summed E-state index contributed by atoms with van der Waals surface area (Å²) >= 11 is 0. The number of fused-ring (bicyclic) bond motifs is 2. The topological polar surface area (TPSA) is 72.5 Å². The van der Waals surface area contributed by atoms with Crippen LogP contribution in [-0.4, -0.2) is 37.0 Å². The van der Waals surface area contributed by atoms with E-state index in [-0.39, 0.29) is 36.0 Å². The average molecular weight is 479 g/mol. The Morgan fingerprint density at radius 1 is 1.15 bits per heavy atom. The predicted octanol–water partition coefficient (Wildman–Crippen LogP) is 5.04. The summed E-state index contributed by atoms with van der Waals surface area (Å²) in [5.74, 6) is -0.613. The summed E-state index contributed by atoms with van der Waals surface area (Å²) in [5, 5.41) is 0. The van der Waals surface area contributed by atoms with Gasteiger partial charge in [0.05, 0.1) is 13.2 Å². The van der Waals surface area contributed by atoms with Crippen LogP contribution >= 0.6 is 0 Å². The second kappa shape index (κ2) is 9.13. The Bertz CT molecular complexity index is 894. The number of methoxy groups -OCH3 is 1. The second-order valence-corrected chi connectivity index (χ2v) is 10.6. The second-order valence-electron chi connectivity index (χ2n) is 10.6. The Labute approximate surface area is 200 Å². The van der Waals surface area contributed by atoms with Crippen LogP contribution in [0.15, 0.2) is 24.3 Å². The van der Waals surface area contributed by atoms with Crippen molar-refractivity contribution < 1.29 is 37.9 Å². The maximum Gasteiger partial charge on any atom is 0.305 e. The van der Waals surface area contributed by atoms with Gasteiger partial charge in [-0.15, -0.1) is 0 Å². The highest BCUT2D eigenvalue weighted by Crippen LogP contribution is 2.60. The Morgan fingerprint density at radius 3 is 2.65 bits per heavy atom. The van der Waals surface area contributed by atoms with Gasteiger partial charge >= 0.3 is 5.97 Å². The molecule has 0 radical (unpaired) electrons. The van der Waals surface area contributed by atoms with Crippen LogP contribution in [0.25, 0.3) is 0 Å². The van der Waals surface area contributed by atoms with Crippen LogP contribution < -0.4 is 0 Å². The number of hydrogen-bond donors (Lipinski definition) is 0. The van der Waals surface area contributed by atoms with Gasteiger partial charge in [-0.25, -0.2) is 14.2 Å². The van der Waals surface area contributed by atoms with Crippen molar-refractivity contribution in [2.45, 2.75) is 89.4 Å². The van der Waals surface area contributed by atoms with E-state index < -0.39 is 30.1 Å². The molecule has 8 heteroatoms. The molecule has 7 nitrogen and oxygen atoms in total. The van der Waals surface area contributed by atoms with Gasteiger partial charge in [0, 0.05) is 24.7 Å². The third-order valence-electron chi connectivity index (χ3n) is 8.48. The fraction of sp³-hybridized carbons (Fsp3) is 0.731. The van der Waals surface area contributed by atoms with Crippen molar-refractivity contribution in [3.63, 3.8) is 0 Å². The monoisotopic (exact) mass is 478 g/mol. The number of esters is 1. The third-order valence-corrected chi connectivity index (χ3v) is 8.48. The number of hydrogen-bond acceptors (Lipinski definition) is 7. The summed E-state index contributed by atoms with van der Waals surface area (Å²) in [6, 6.07) is 6.17. The molecule has 1 saturated carbocycles. The number of halogens is 1. The van der Waals surface area contributed by atoms with Crippen LogP contribution in [0, 0.1) is 29.5 Å². The predicted molar refractivity (Wildman–Crippen MR) is 118 cm³/mol. The number of rotatable bonds is 6. The van der Waals surface area contributed by atoms with Crippen molar-refractivity contribution in [3.05, 3.63) is 35.6 Å². The number of benzene rings is 1. The lowest BCUT2D eigenvalue weighted by Crippen LogP contribution is -2.70. The molecule has 188 valence electrons. The molecule has 5 aliphatic rings. The quantitative estimate of drug-likeness (QED) is 0.419. The lowest BCUT2D eigenvalue weighted by Gasteiger charge is -2.60. The molecule has 1 aliphatic carbocycles. The SMILES string of the molecule is COC(=O)CC[C@@H](O[C@H]1O[C@@H]2O[C@@]3(C)CC[C@H]4[C@H](C)CCC([C@H]1C)[C@@]24OO3)c1ccc(F)cc1. The summed E-state index contributed by atoms with van der Waals surface area (Å²) in [6.45, 7) is 6.30. The molecule has 0 aromatic heterocycles. The summed E-state index contributed by atoms with van der Waals surface area (Å²) in [6.07, 6.45) is 2.70. The molecule has 1 aromatic carbocycles. The molecule has 6 rings (SSSR count).